The zero-order chi connectivity index (χ0) is 18.5. The first kappa shape index (κ1) is 18.1. The Morgan fingerprint density at radius 1 is 1.08 bits per heavy atom. The number of carboxylic acid groups (broad SMARTS) is 1. The molecule has 0 spiro atoms. The fourth-order valence-corrected chi connectivity index (χ4v) is 3.20. The van der Waals surface area contributed by atoms with Gasteiger partial charge in [0.1, 0.15) is 6.61 Å². The molecule has 0 radical (unpaired) electrons. The molecule has 6 nitrogen and oxygen atoms in total. The van der Waals surface area contributed by atoms with E-state index in [1.165, 1.54) is 0 Å². The Bertz CT molecular complexity index is 759. The summed E-state index contributed by atoms with van der Waals surface area (Å²) in [4.78, 5) is 23.5. The van der Waals surface area contributed by atoms with Crippen molar-refractivity contribution in [1.29, 1.82) is 0 Å². The summed E-state index contributed by atoms with van der Waals surface area (Å²) in [6.07, 6.45) is -1.62. The Balaban J connectivity index is 1.73. The SMILES string of the molecule is CNCCOC(C(=O)O)C(=O)OCC1c2ccccc2-c2ccccc21. The van der Waals surface area contributed by atoms with Crippen LogP contribution in [0.15, 0.2) is 48.5 Å². The van der Waals surface area contributed by atoms with Crippen molar-refractivity contribution >= 4 is 11.9 Å². The van der Waals surface area contributed by atoms with E-state index in [1.54, 1.807) is 7.05 Å². The summed E-state index contributed by atoms with van der Waals surface area (Å²) < 4.78 is 10.5. The predicted molar refractivity (Wildman–Crippen MR) is 96.0 cm³/mol. The second-order valence-electron chi connectivity index (χ2n) is 6.05. The highest BCUT2D eigenvalue weighted by Crippen LogP contribution is 2.44. The van der Waals surface area contributed by atoms with Crippen LogP contribution in [0.3, 0.4) is 0 Å². The van der Waals surface area contributed by atoms with Crippen molar-refractivity contribution < 1.29 is 24.2 Å². The third-order valence-electron chi connectivity index (χ3n) is 4.43. The van der Waals surface area contributed by atoms with E-state index in [0.717, 1.165) is 22.3 Å². The van der Waals surface area contributed by atoms with E-state index in [9.17, 15) is 14.7 Å². The van der Waals surface area contributed by atoms with Crippen molar-refractivity contribution in [3.8, 4) is 11.1 Å². The molecule has 1 aliphatic carbocycles. The van der Waals surface area contributed by atoms with Gasteiger partial charge < -0.3 is 19.9 Å². The standard InChI is InChI=1S/C20H21NO5/c1-21-10-11-25-18(19(22)23)20(24)26-12-17-15-8-4-2-6-13(15)14-7-3-5-9-16(14)17/h2-9,17-18,21H,10-12H2,1H3,(H,22,23). The minimum absolute atomic E-state index is 0.0754. The fourth-order valence-electron chi connectivity index (χ4n) is 3.20. The monoisotopic (exact) mass is 355 g/mol. The maximum Gasteiger partial charge on any atom is 0.347 e. The van der Waals surface area contributed by atoms with Gasteiger partial charge >= 0.3 is 11.9 Å². The van der Waals surface area contributed by atoms with Crippen LogP contribution in [0, 0.1) is 0 Å². The number of rotatable bonds is 8. The number of ether oxygens (including phenoxy) is 2. The van der Waals surface area contributed by atoms with Gasteiger partial charge in [0.15, 0.2) is 0 Å². The van der Waals surface area contributed by atoms with Gasteiger partial charge in [-0.25, -0.2) is 9.59 Å². The Labute approximate surface area is 151 Å². The van der Waals surface area contributed by atoms with Gasteiger partial charge in [-0.3, -0.25) is 0 Å². The van der Waals surface area contributed by atoms with Crippen molar-refractivity contribution in [2.75, 3.05) is 26.8 Å². The van der Waals surface area contributed by atoms with Crippen LogP contribution in [-0.2, 0) is 19.1 Å². The van der Waals surface area contributed by atoms with Crippen LogP contribution >= 0.6 is 0 Å². The third-order valence-corrected chi connectivity index (χ3v) is 4.43. The third kappa shape index (κ3) is 3.61. The average molecular weight is 355 g/mol. The number of aliphatic carboxylic acids is 1. The highest BCUT2D eigenvalue weighted by atomic mass is 16.6. The molecule has 136 valence electrons. The van der Waals surface area contributed by atoms with Crippen LogP contribution in [0.1, 0.15) is 17.0 Å². The van der Waals surface area contributed by atoms with Gasteiger partial charge in [-0.15, -0.1) is 0 Å². The van der Waals surface area contributed by atoms with Crippen molar-refractivity contribution in [3.05, 3.63) is 59.7 Å². The van der Waals surface area contributed by atoms with Crippen molar-refractivity contribution in [1.82, 2.24) is 5.32 Å². The number of carbonyl (C=O) groups excluding carboxylic acids is 1. The van der Waals surface area contributed by atoms with Gasteiger partial charge in [0.2, 0.25) is 0 Å². The largest absolute Gasteiger partial charge is 0.479 e. The first-order chi connectivity index (χ1) is 12.6. The van der Waals surface area contributed by atoms with Crippen molar-refractivity contribution in [3.63, 3.8) is 0 Å². The molecule has 0 heterocycles. The minimum atomic E-state index is -1.62. The number of hydrogen-bond acceptors (Lipinski definition) is 5. The summed E-state index contributed by atoms with van der Waals surface area (Å²) in [7, 11) is 1.71. The van der Waals surface area contributed by atoms with Gasteiger partial charge in [-0.2, -0.15) is 0 Å². The van der Waals surface area contributed by atoms with E-state index >= 15 is 0 Å². The van der Waals surface area contributed by atoms with E-state index in [2.05, 4.69) is 5.32 Å². The topological polar surface area (TPSA) is 84.9 Å². The van der Waals surface area contributed by atoms with E-state index in [0.29, 0.717) is 6.54 Å². The lowest BCUT2D eigenvalue weighted by atomic mass is 9.98. The number of esters is 1. The Morgan fingerprint density at radius 2 is 1.65 bits per heavy atom. The Morgan fingerprint density at radius 3 is 2.19 bits per heavy atom. The van der Waals surface area contributed by atoms with Gasteiger partial charge in [-0.05, 0) is 29.3 Å². The van der Waals surface area contributed by atoms with E-state index in [4.69, 9.17) is 9.47 Å². The number of benzene rings is 2. The van der Waals surface area contributed by atoms with Crippen LogP contribution < -0.4 is 5.32 Å². The summed E-state index contributed by atoms with van der Waals surface area (Å²) in [6.45, 7) is 0.629. The molecule has 26 heavy (non-hydrogen) atoms. The molecule has 2 aromatic rings. The zero-order valence-corrected chi connectivity index (χ0v) is 14.5. The quantitative estimate of drug-likeness (QED) is 0.428. The van der Waals surface area contributed by atoms with Crippen LogP contribution in [-0.4, -0.2) is 50.0 Å². The minimum Gasteiger partial charge on any atom is -0.479 e. The normalized spacial score (nSPS) is 13.7. The second kappa shape index (κ2) is 8.12. The molecule has 0 saturated heterocycles. The molecular formula is C20H21NO5. The summed E-state index contributed by atoms with van der Waals surface area (Å²) in [6, 6.07) is 15.9. The van der Waals surface area contributed by atoms with Gasteiger partial charge in [-0.1, -0.05) is 48.5 Å². The number of likely N-dealkylation sites (N-methyl/N-ethyl adjacent to an activating group) is 1. The molecule has 2 aromatic carbocycles. The summed E-state index contributed by atoms with van der Waals surface area (Å²) in [5.74, 6) is -2.34. The summed E-state index contributed by atoms with van der Waals surface area (Å²) in [5, 5.41) is 12.0. The van der Waals surface area contributed by atoms with Gasteiger partial charge in [0, 0.05) is 12.5 Å². The maximum atomic E-state index is 12.2. The highest BCUT2D eigenvalue weighted by Gasteiger charge is 2.32. The molecule has 0 saturated carbocycles. The van der Waals surface area contributed by atoms with E-state index in [1.807, 2.05) is 48.5 Å². The molecular weight excluding hydrogens is 334 g/mol. The molecule has 3 rings (SSSR count). The number of nitrogens with one attached hydrogen (secondary N) is 1. The van der Waals surface area contributed by atoms with E-state index < -0.39 is 18.0 Å². The first-order valence-corrected chi connectivity index (χ1v) is 8.47. The zero-order valence-electron chi connectivity index (χ0n) is 14.5. The van der Waals surface area contributed by atoms with Crippen LogP contribution in [0.25, 0.3) is 11.1 Å². The summed E-state index contributed by atoms with van der Waals surface area (Å²) in [5.41, 5.74) is 4.38. The number of carboxylic acids is 1. The van der Waals surface area contributed by atoms with Crippen LogP contribution in [0.5, 0.6) is 0 Å². The predicted octanol–water partition coefficient (Wildman–Crippen LogP) is 2.03. The molecule has 6 heteroatoms. The molecule has 0 amide bonds. The molecule has 1 aliphatic rings. The molecule has 0 bridgehead atoms. The fraction of sp³-hybridized carbons (Fsp3) is 0.300. The summed E-state index contributed by atoms with van der Waals surface area (Å²) >= 11 is 0. The number of fused-ring (bicyclic) bond motifs is 3. The lowest BCUT2D eigenvalue weighted by Crippen LogP contribution is -2.36. The van der Waals surface area contributed by atoms with Crippen molar-refractivity contribution in [2.24, 2.45) is 0 Å². The Hall–Kier alpha value is -2.70. The number of hydrogen-bond donors (Lipinski definition) is 2. The lowest BCUT2D eigenvalue weighted by Gasteiger charge is -2.17. The second-order valence-corrected chi connectivity index (χ2v) is 6.05. The van der Waals surface area contributed by atoms with Gasteiger partial charge in [0.05, 0.1) is 6.61 Å². The van der Waals surface area contributed by atoms with E-state index in [-0.39, 0.29) is 19.1 Å². The molecule has 1 atom stereocenters. The molecule has 0 fully saturated rings. The maximum absolute atomic E-state index is 12.2. The molecule has 0 aliphatic heterocycles. The molecule has 2 N–H and O–H groups in total. The lowest BCUT2D eigenvalue weighted by molar-refractivity contribution is -0.169. The average Bonchev–Trinajstić information content (AvgIpc) is 2.97. The first-order valence-electron chi connectivity index (χ1n) is 8.47. The smallest absolute Gasteiger partial charge is 0.347 e. The molecule has 1 unspecified atom stereocenters. The number of carbonyl (C=O) groups is 2. The Kier molecular flexibility index (Phi) is 5.65. The molecule has 0 aromatic heterocycles. The van der Waals surface area contributed by atoms with Crippen LogP contribution in [0.2, 0.25) is 0 Å². The highest BCUT2D eigenvalue weighted by molar-refractivity contribution is 5.97. The van der Waals surface area contributed by atoms with Crippen molar-refractivity contribution in [2.45, 2.75) is 12.0 Å². The van der Waals surface area contributed by atoms with Crippen LogP contribution in [0.4, 0.5) is 0 Å². The van der Waals surface area contributed by atoms with Gasteiger partial charge in [0.25, 0.3) is 6.10 Å².